The van der Waals surface area contributed by atoms with Crippen molar-refractivity contribution in [3.63, 3.8) is 0 Å². The van der Waals surface area contributed by atoms with Crippen LogP contribution in [0.3, 0.4) is 0 Å². The third kappa shape index (κ3) is 2.59. The van der Waals surface area contributed by atoms with Crippen LogP contribution in [0.4, 0.5) is 0 Å². The number of carbonyl (C=O) groups excluding carboxylic acids is 1. The minimum absolute atomic E-state index is 0.174. The van der Waals surface area contributed by atoms with E-state index >= 15 is 0 Å². The molecule has 0 aromatic carbocycles. The van der Waals surface area contributed by atoms with Gasteiger partial charge >= 0.3 is 0 Å². The summed E-state index contributed by atoms with van der Waals surface area (Å²) in [5.41, 5.74) is 4.69. The summed E-state index contributed by atoms with van der Waals surface area (Å²) >= 11 is 0. The van der Waals surface area contributed by atoms with Gasteiger partial charge in [0.2, 0.25) is 0 Å². The Morgan fingerprint density at radius 3 is 2.06 bits per heavy atom. The van der Waals surface area contributed by atoms with E-state index in [1.807, 2.05) is 0 Å². The molecule has 0 aromatic heterocycles. The fourth-order valence-electron chi connectivity index (χ4n) is 11.5. The Morgan fingerprint density at radius 1 is 0.774 bits per heavy atom. The molecule has 0 saturated heterocycles. The predicted molar refractivity (Wildman–Crippen MR) is 130 cm³/mol. The van der Waals surface area contributed by atoms with E-state index in [0.29, 0.717) is 22.5 Å². The number of rotatable bonds is 0. The zero-order valence-corrected chi connectivity index (χ0v) is 21.8. The summed E-state index contributed by atoms with van der Waals surface area (Å²) < 4.78 is 0. The van der Waals surface area contributed by atoms with Gasteiger partial charge in [-0.2, -0.15) is 0 Å². The Kier molecular flexibility index (Phi) is 4.66. The van der Waals surface area contributed by atoms with Gasteiger partial charge in [-0.15, -0.1) is 0 Å². The van der Waals surface area contributed by atoms with E-state index in [-0.39, 0.29) is 22.2 Å². The average Bonchev–Trinajstić information content (AvgIpc) is 2.98. The highest BCUT2D eigenvalue weighted by molar-refractivity contribution is 5.85. The SMILES string of the molecule is CC(C)=C1CC[C@]2(C)[C@H]3CC[C@@H]4[C@@]5(C)CCCC(C)(C)[C@@H]5C(=O)C[C@@]4(C)[C@]3(C)CC[C@@H]12. The van der Waals surface area contributed by atoms with Gasteiger partial charge in [-0.05, 0) is 110 Å². The number of ketones is 1. The summed E-state index contributed by atoms with van der Waals surface area (Å²) in [6.07, 6.45) is 12.8. The Morgan fingerprint density at radius 2 is 1.42 bits per heavy atom. The number of hydrogen-bond acceptors (Lipinski definition) is 1. The minimum atomic E-state index is 0.174. The van der Waals surface area contributed by atoms with Crippen LogP contribution in [0, 0.1) is 50.7 Å². The van der Waals surface area contributed by atoms with Gasteiger partial charge in [0.15, 0.2) is 0 Å². The second kappa shape index (κ2) is 6.50. The maximum Gasteiger partial charge on any atom is 0.137 e. The third-order valence-corrected chi connectivity index (χ3v) is 12.8. The molecule has 5 fully saturated rings. The number of Topliss-reactive ketones (excluding diaryl/α,β-unsaturated/α-hetero) is 1. The molecule has 5 rings (SSSR count). The average molecular weight is 425 g/mol. The molecule has 31 heavy (non-hydrogen) atoms. The largest absolute Gasteiger partial charge is 0.299 e. The van der Waals surface area contributed by atoms with Crippen molar-refractivity contribution >= 4 is 5.78 Å². The van der Waals surface area contributed by atoms with Crippen molar-refractivity contribution in [3.05, 3.63) is 11.1 Å². The molecule has 8 atom stereocenters. The second-order valence-corrected chi connectivity index (χ2v) is 14.6. The van der Waals surface area contributed by atoms with Crippen LogP contribution in [0.25, 0.3) is 0 Å². The van der Waals surface area contributed by atoms with E-state index in [2.05, 4.69) is 55.4 Å². The first kappa shape index (κ1) is 22.2. The van der Waals surface area contributed by atoms with Crippen LogP contribution in [0.5, 0.6) is 0 Å². The Balaban J connectivity index is 1.58. The van der Waals surface area contributed by atoms with Crippen LogP contribution >= 0.6 is 0 Å². The van der Waals surface area contributed by atoms with Crippen LogP contribution in [-0.4, -0.2) is 5.78 Å². The van der Waals surface area contributed by atoms with Crippen molar-refractivity contribution in [2.24, 2.45) is 50.7 Å². The highest BCUT2D eigenvalue weighted by atomic mass is 16.1. The zero-order chi connectivity index (χ0) is 22.6. The van der Waals surface area contributed by atoms with Gasteiger partial charge in [-0.1, -0.05) is 59.1 Å². The molecule has 1 nitrogen and oxygen atoms in total. The fraction of sp³-hybridized carbons (Fsp3) is 0.900. The molecule has 0 aromatic rings. The molecule has 0 radical (unpaired) electrons. The van der Waals surface area contributed by atoms with Crippen LogP contribution in [0.2, 0.25) is 0 Å². The van der Waals surface area contributed by atoms with E-state index in [1.165, 1.54) is 57.8 Å². The van der Waals surface area contributed by atoms with Crippen molar-refractivity contribution in [1.82, 2.24) is 0 Å². The van der Waals surface area contributed by atoms with Crippen LogP contribution in [-0.2, 0) is 4.79 Å². The number of hydrogen-bond donors (Lipinski definition) is 0. The van der Waals surface area contributed by atoms with Crippen LogP contribution in [0.15, 0.2) is 11.1 Å². The Hall–Kier alpha value is -0.590. The summed E-state index contributed by atoms with van der Waals surface area (Å²) in [5, 5.41) is 0. The van der Waals surface area contributed by atoms with E-state index in [0.717, 1.165) is 18.3 Å². The van der Waals surface area contributed by atoms with E-state index in [1.54, 1.807) is 11.1 Å². The highest BCUT2D eigenvalue weighted by Crippen LogP contribution is 2.77. The van der Waals surface area contributed by atoms with Gasteiger partial charge in [0.1, 0.15) is 5.78 Å². The lowest BCUT2D eigenvalue weighted by Gasteiger charge is -2.72. The number of carbonyl (C=O) groups is 1. The lowest BCUT2D eigenvalue weighted by molar-refractivity contribution is -0.230. The quantitative estimate of drug-likeness (QED) is 0.357. The molecule has 0 bridgehead atoms. The number of fused-ring (bicyclic) bond motifs is 7. The topological polar surface area (TPSA) is 17.1 Å². The molecular weight excluding hydrogens is 376 g/mol. The summed E-state index contributed by atoms with van der Waals surface area (Å²) in [6.45, 7) is 19.9. The van der Waals surface area contributed by atoms with Crippen molar-refractivity contribution in [2.45, 2.75) is 120 Å². The summed E-state index contributed by atoms with van der Waals surface area (Å²) in [5.74, 6) is 3.19. The monoisotopic (exact) mass is 424 g/mol. The van der Waals surface area contributed by atoms with Crippen LogP contribution < -0.4 is 0 Å². The molecule has 0 unspecified atom stereocenters. The van der Waals surface area contributed by atoms with Gasteiger partial charge in [0.05, 0.1) is 0 Å². The summed E-state index contributed by atoms with van der Waals surface area (Å²) in [4.78, 5) is 14.0. The maximum absolute atomic E-state index is 14.0. The fourth-order valence-corrected chi connectivity index (χ4v) is 11.5. The second-order valence-electron chi connectivity index (χ2n) is 14.6. The molecule has 1 heteroatoms. The van der Waals surface area contributed by atoms with Gasteiger partial charge in [0, 0.05) is 12.3 Å². The summed E-state index contributed by atoms with van der Waals surface area (Å²) in [7, 11) is 0. The minimum Gasteiger partial charge on any atom is -0.299 e. The Labute approximate surface area is 192 Å². The first-order chi connectivity index (χ1) is 14.3. The van der Waals surface area contributed by atoms with E-state index in [9.17, 15) is 4.79 Å². The molecule has 0 aliphatic heterocycles. The lowest BCUT2D eigenvalue weighted by atomic mass is 9.32. The van der Waals surface area contributed by atoms with E-state index < -0.39 is 0 Å². The molecule has 174 valence electrons. The number of allylic oxidation sites excluding steroid dienone is 2. The smallest absolute Gasteiger partial charge is 0.137 e. The summed E-state index contributed by atoms with van der Waals surface area (Å²) in [6, 6.07) is 0. The van der Waals surface area contributed by atoms with Gasteiger partial charge < -0.3 is 0 Å². The lowest BCUT2D eigenvalue weighted by Crippen LogP contribution is -2.67. The van der Waals surface area contributed by atoms with Gasteiger partial charge in [-0.3, -0.25) is 4.79 Å². The van der Waals surface area contributed by atoms with Crippen molar-refractivity contribution in [3.8, 4) is 0 Å². The zero-order valence-electron chi connectivity index (χ0n) is 21.8. The standard InChI is InChI=1S/C30H48O/c1-19(2)20-12-16-27(5)21(20)13-17-29(7)23(27)10-11-24-28(6)15-9-14-26(3,4)25(28)22(31)18-30(24,29)8/h21,23-25H,9-18H2,1-8H3/t21-,23+,24+,25-,27-,28+,29+,30+/m0/s1. The van der Waals surface area contributed by atoms with Gasteiger partial charge in [0.25, 0.3) is 0 Å². The van der Waals surface area contributed by atoms with Gasteiger partial charge in [-0.25, -0.2) is 0 Å². The molecule has 0 amide bonds. The van der Waals surface area contributed by atoms with Crippen molar-refractivity contribution < 1.29 is 4.79 Å². The van der Waals surface area contributed by atoms with Crippen molar-refractivity contribution in [2.75, 3.05) is 0 Å². The molecule has 0 heterocycles. The maximum atomic E-state index is 14.0. The van der Waals surface area contributed by atoms with Crippen molar-refractivity contribution in [1.29, 1.82) is 0 Å². The third-order valence-electron chi connectivity index (χ3n) is 12.8. The highest BCUT2D eigenvalue weighted by Gasteiger charge is 2.71. The predicted octanol–water partition coefficient (Wildman–Crippen LogP) is 8.38. The Bertz CT molecular complexity index is 829. The molecule has 0 spiro atoms. The molecule has 5 saturated carbocycles. The molecular formula is C30H48O. The first-order valence-electron chi connectivity index (χ1n) is 13.5. The van der Waals surface area contributed by atoms with E-state index in [4.69, 9.17) is 0 Å². The molecule has 5 aliphatic carbocycles. The first-order valence-corrected chi connectivity index (χ1v) is 13.5. The van der Waals surface area contributed by atoms with Crippen LogP contribution in [0.1, 0.15) is 120 Å². The molecule has 0 N–H and O–H groups in total. The molecule has 5 aliphatic rings. The normalized spacial score (nSPS) is 53.3.